The number of carbonyl (C=O) groups excluding carboxylic acids is 1. The summed E-state index contributed by atoms with van der Waals surface area (Å²) < 4.78 is 40.1. The second kappa shape index (κ2) is 8.11. The van der Waals surface area contributed by atoms with Crippen LogP contribution in [0.4, 0.5) is 10.1 Å². The average Bonchev–Trinajstić information content (AvgIpc) is 2.61. The van der Waals surface area contributed by atoms with Gasteiger partial charge in [0.15, 0.2) is 0 Å². The number of anilines is 1. The highest BCUT2D eigenvalue weighted by atomic mass is 32.2. The van der Waals surface area contributed by atoms with Gasteiger partial charge in [0.25, 0.3) is 10.0 Å². The molecular weight excluding hydrogens is 343 g/mol. The Morgan fingerprint density at radius 2 is 1.72 bits per heavy atom. The summed E-state index contributed by atoms with van der Waals surface area (Å²) in [5.41, 5.74) is 0.226. The van der Waals surface area contributed by atoms with Gasteiger partial charge in [0, 0.05) is 6.04 Å². The number of hydrogen-bond acceptors (Lipinski definition) is 3. The van der Waals surface area contributed by atoms with Crippen LogP contribution in [-0.4, -0.2) is 26.9 Å². The zero-order valence-corrected chi connectivity index (χ0v) is 15.0. The first-order valence-electron chi connectivity index (χ1n) is 7.97. The van der Waals surface area contributed by atoms with Crippen molar-refractivity contribution in [1.29, 1.82) is 0 Å². The van der Waals surface area contributed by atoms with E-state index >= 15 is 0 Å². The zero-order valence-electron chi connectivity index (χ0n) is 14.1. The molecule has 7 heteroatoms. The Kier molecular flexibility index (Phi) is 6.14. The summed E-state index contributed by atoms with van der Waals surface area (Å²) in [7, 11) is -3.95. The Morgan fingerprint density at radius 3 is 2.28 bits per heavy atom. The molecule has 0 bridgehead atoms. The van der Waals surface area contributed by atoms with Crippen molar-refractivity contribution in [2.45, 2.75) is 31.2 Å². The molecule has 2 aromatic carbocycles. The van der Waals surface area contributed by atoms with Crippen molar-refractivity contribution in [3.05, 3.63) is 60.4 Å². The highest BCUT2D eigenvalue weighted by Crippen LogP contribution is 2.23. The summed E-state index contributed by atoms with van der Waals surface area (Å²) in [6.07, 6.45) is 0.730. The van der Waals surface area contributed by atoms with E-state index in [2.05, 4.69) is 5.32 Å². The molecule has 2 rings (SSSR count). The van der Waals surface area contributed by atoms with Gasteiger partial charge in [0.1, 0.15) is 12.4 Å². The third kappa shape index (κ3) is 4.79. The lowest BCUT2D eigenvalue weighted by atomic mass is 10.2. The van der Waals surface area contributed by atoms with Crippen molar-refractivity contribution in [2.75, 3.05) is 10.8 Å². The van der Waals surface area contributed by atoms with Crippen molar-refractivity contribution in [1.82, 2.24) is 5.32 Å². The molecular formula is C18H21FN2O3S. The second-order valence-corrected chi connectivity index (χ2v) is 7.54. The monoisotopic (exact) mass is 364 g/mol. The van der Waals surface area contributed by atoms with Gasteiger partial charge in [-0.15, -0.1) is 0 Å². The summed E-state index contributed by atoms with van der Waals surface area (Å²) in [6, 6.07) is 12.8. The fourth-order valence-corrected chi connectivity index (χ4v) is 3.64. The van der Waals surface area contributed by atoms with Crippen LogP contribution in [0.25, 0.3) is 0 Å². The number of hydrogen-bond donors (Lipinski definition) is 1. The number of rotatable bonds is 7. The van der Waals surface area contributed by atoms with E-state index in [0.717, 1.165) is 22.9 Å². The smallest absolute Gasteiger partial charge is 0.264 e. The summed E-state index contributed by atoms with van der Waals surface area (Å²) in [5.74, 6) is -0.900. The van der Waals surface area contributed by atoms with Gasteiger partial charge in [-0.3, -0.25) is 9.10 Å². The van der Waals surface area contributed by atoms with E-state index in [0.29, 0.717) is 0 Å². The number of sulfonamides is 1. The van der Waals surface area contributed by atoms with Crippen LogP contribution >= 0.6 is 0 Å². The third-order valence-corrected chi connectivity index (χ3v) is 5.54. The van der Waals surface area contributed by atoms with Crippen LogP contribution in [0.15, 0.2) is 59.5 Å². The maximum Gasteiger partial charge on any atom is 0.264 e. The Labute approximate surface area is 147 Å². The van der Waals surface area contributed by atoms with Gasteiger partial charge in [0.2, 0.25) is 5.91 Å². The SMILES string of the molecule is CC[C@H](C)NC(=O)CN(c1ccc(F)cc1)S(=O)(=O)c1ccccc1. The van der Waals surface area contributed by atoms with Gasteiger partial charge in [-0.1, -0.05) is 25.1 Å². The van der Waals surface area contributed by atoms with Crippen molar-refractivity contribution < 1.29 is 17.6 Å². The van der Waals surface area contributed by atoms with Gasteiger partial charge in [-0.2, -0.15) is 0 Å². The first kappa shape index (κ1) is 18.9. The number of carbonyl (C=O) groups is 1. The average molecular weight is 364 g/mol. The second-order valence-electron chi connectivity index (χ2n) is 5.68. The van der Waals surface area contributed by atoms with Gasteiger partial charge in [0.05, 0.1) is 10.6 Å². The quantitative estimate of drug-likeness (QED) is 0.821. The molecule has 0 radical (unpaired) electrons. The Hall–Kier alpha value is -2.41. The first-order chi connectivity index (χ1) is 11.8. The number of benzene rings is 2. The summed E-state index contributed by atoms with van der Waals surface area (Å²) >= 11 is 0. The molecule has 0 aliphatic heterocycles. The molecule has 0 unspecified atom stereocenters. The topological polar surface area (TPSA) is 66.5 Å². The Bertz CT molecular complexity index is 808. The zero-order chi connectivity index (χ0) is 18.4. The molecule has 0 fully saturated rings. The predicted octanol–water partition coefficient (Wildman–Crippen LogP) is 2.94. The van der Waals surface area contributed by atoms with Crippen LogP contribution in [0.2, 0.25) is 0 Å². The summed E-state index contributed by atoms with van der Waals surface area (Å²) in [5, 5.41) is 2.75. The van der Waals surface area contributed by atoms with E-state index in [-0.39, 0.29) is 23.2 Å². The molecule has 1 N–H and O–H groups in total. The minimum absolute atomic E-state index is 0.0654. The number of nitrogens with one attached hydrogen (secondary N) is 1. The van der Waals surface area contributed by atoms with Crippen molar-refractivity contribution in [2.24, 2.45) is 0 Å². The molecule has 0 aliphatic carbocycles. The minimum atomic E-state index is -3.95. The normalized spacial score (nSPS) is 12.4. The maximum atomic E-state index is 13.2. The molecule has 25 heavy (non-hydrogen) atoms. The summed E-state index contributed by atoms with van der Waals surface area (Å²) in [4.78, 5) is 12.3. The first-order valence-corrected chi connectivity index (χ1v) is 9.41. The summed E-state index contributed by atoms with van der Waals surface area (Å²) in [6.45, 7) is 3.38. The lowest BCUT2D eigenvalue weighted by Crippen LogP contribution is -2.43. The lowest BCUT2D eigenvalue weighted by Gasteiger charge is -2.25. The van der Waals surface area contributed by atoms with Crippen molar-refractivity contribution in [3.8, 4) is 0 Å². The Balaban J connectivity index is 2.39. The molecule has 134 valence electrons. The molecule has 0 heterocycles. The van der Waals surface area contributed by atoms with Crippen molar-refractivity contribution in [3.63, 3.8) is 0 Å². The van der Waals surface area contributed by atoms with E-state index < -0.39 is 21.7 Å². The molecule has 1 amide bonds. The molecule has 5 nitrogen and oxygen atoms in total. The van der Waals surface area contributed by atoms with Gasteiger partial charge in [-0.25, -0.2) is 12.8 Å². The molecule has 0 spiro atoms. The standard InChI is InChI=1S/C18H21FN2O3S/c1-3-14(2)20-18(22)13-21(16-11-9-15(19)10-12-16)25(23,24)17-7-5-4-6-8-17/h4-12,14H,3,13H2,1-2H3,(H,20,22)/t14-/m0/s1. The van der Waals surface area contributed by atoms with E-state index in [1.165, 1.54) is 24.3 Å². The Morgan fingerprint density at radius 1 is 1.12 bits per heavy atom. The number of nitrogens with zero attached hydrogens (tertiary/aromatic N) is 1. The third-order valence-electron chi connectivity index (χ3n) is 3.75. The predicted molar refractivity (Wildman–Crippen MR) is 95.3 cm³/mol. The molecule has 0 saturated carbocycles. The highest BCUT2D eigenvalue weighted by Gasteiger charge is 2.27. The number of halogens is 1. The van der Waals surface area contributed by atoms with Crippen LogP contribution in [0, 0.1) is 5.82 Å². The highest BCUT2D eigenvalue weighted by molar-refractivity contribution is 7.92. The lowest BCUT2D eigenvalue weighted by molar-refractivity contribution is -0.120. The van der Waals surface area contributed by atoms with Crippen LogP contribution in [-0.2, 0) is 14.8 Å². The van der Waals surface area contributed by atoms with Crippen LogP contribution in [0.3, 0.4) is 0 Å². The van der Waals surface area contributed by atoms with E-state index in [4.69, 9.17) is 0 Å². The molecule has 1 atom stereocenters. The van der Waals surface area contributed by atoms with Crippen LogP contribution in [0.1, 0.15) is 20.3 Å². The van der Waals surface area contributed by atoms with Crippen LogP contribution < -0.4 is 9.62 Å². The van der Waals surface area contributed by atoms with Crippen LogP contribution in [0.5, 0.6) is 0 Å². The van der Waals surface area contributed by atoms with Gasteiger partial charge < -0.3 is 5.32 Å². The van der Waals surface area contributed by atoms with E-state index in [9.17, 15) is 17.6 Å². The molecule has 0 aliphatic rings. The van der Waals surface area contributed by atoms with Gasteiger partial charge in [-0.05, 0) is 49.7 Å². The minimum Gasteiger partial charge on any atom is -0.352 e. The van der Waals surface area contributed by atoms with E-state index in [1.54, 1.807) is 18.2 Å². The number of amides is 1. The van der Waals surface area contributed by atoms with Crippen molar-refractivity contribution >= 4 is 21.6 Å². The molecule has 0 aromatic heterocycles. The maximum absolute atomic E-state index is 13.2. The largest absolute Gasteiger partial charge is 0.352 e. The fourth-order valence-electron chi connectivity index (χ4n) is 2.20. The molecule has 2 aromatic rings. The fraction of sp³-hybridized carbons (Fsp3) is 0.278. The van der Waals surface area contributed by atoms with E-state index in [1.807, 2.05) is 13.8 Å². The van der Waals surface area contributed by atoms with Gasteiger partial charge >= 0.3 is 0 Å². The molecule has 0 saturated heterocycles.